The van der Waals surface area contributed by atoms with Crippen LogP contribution in [-0.2, 0) is 0 Å². The summed E-state index contributed by atoms with van der Waals surface area (Å²) in [6, 6.07) is 5.09. The predicted molar refractivity (Wildman–Crippen MR) is 77.4 cm³/mol. The normalized spacial score (nSPS) is 11.4. The second-order valence-electron chi connectivity index (χ2n) is 4.57. The Balaban J connectivity index is 2.22. The molecule has 0 aliphatic heterocycles. The second kappa shape index (κ2) is 6.68. The summed E-state index contributed by atoms with van der Waals surface area (Å²) in [7, 11) is 0. The van der Waals surface area contributed by atoms with Crippen molar-refractivity contribution >= 4 is 5.91 Å². The van der Waals surface area contributed by atoms with Crippen LogP contribution in [0.15, 0.2) is 24.5 Å². The fraction of sp³-hybridized carbons (Fsp3) is 0.267. The van der Waals surface area contributed by atoms with Crippen LogP contribution in [0.2, 0.25) is 0 Å². The molecule has 1 amide bonds. The molecule has 0 spiro atoms. The molecule has 0 fully saturated rings. The van der Waals surface area contributed by atoms with Gasteiger partial charge in [0.2, 0.25) is 0 Å². The summed E-state index contributed by atoms with van der Waals surface area (Å²) < 4.78 is 0. The standard InChI is InChI=1S/C15H16N4O2/c1-10-5-6-13(12(8-10)4-3-7-20)15(21)18-11(2)14-16-9-17-19-14/h5-6,8-9,11,20H,7H2,1-2H3,(H,18,21)(H,16,17,19). The van der Waals surface area contributed by atoms with E-state index in [0.717, 1.165) is 5.56 Å². The molecule has 6 heteroatoms. The van der Waals surface area contributed by atoms with E-state index in [9.17, 15) is 4.79 Å². The number of benzene rings is 1. The van der Waals surface area contributed by atoms with Crippen molar-refractivity contribution in [1.29, 1.82) is 0 Å². The molecule has 0 radical (unpaired) electrons. The van der Waals surface area contributed by atoms with Gasteiger partial charge in [0, 0.05) is 5.56 Å². The summed E-state index contributed by atoms with van der Waals surface area (Å²) in [5.41, 5.74) is 2.05. The maximum absolute atomic E-state index is 12.3. The van der Waals surface area contributed by atoms with Gasteiger partial charge in [0.1, 0.15) is 18.8 Å². The number of aromatic amines is 1. The van der Waals surface area contributed by atoms with Gasteiger partial charge >= 0.3 is 0 Å². The van der Waals surface area contributed by atoms with E-state index in [1.54, 1.807) is 6.07 Å². The maximum atomic E-state index is 12.3. The summed E-state index contributed by atoms with van der Waals surface area (Å²) in [5, 5.41) is 18.1. The minimum atomic E-state index is -0.292. The number of carbonyl (C=O) groups is 1. The summed E-state index contributed by atoms with van der Waals surface area (Å²) in [6.07, 6.45) is 1.39. The Bertz CT molecular complexity index is 683. The van der Waals surface area contributed by atoms with Crippen molar-refractivity contribution in [3.8, 4) is 11.8 Å². The largest absolute Gasteiger partial charge is 0.384 e. The third-order valence-electron chi connectivity index (χ3n) is 2.91. The highest BCUT2D eigenvalue weighted by molar-refractivity contribution is 5.97. The number of hydrogen-bond acceptors (Lipinski definition) is 4. The van der Waals surface area contributed by atoms with Gasteiger partial charge < -0.3 is 10.4 Å². The van der Waals surface area contributed by atoms with Gasteiger partial charge in [0.05, 0.1) is 11.6 Å². The Hall–Kier alpha value is -2.65. The van der Waals surface area contributed by atoms with E-state index >= 15 is 0 Å². The molecule has 0 aliphatic carbocycles. The topological polar surface area (TPSA) is 90.9 Å². The first-order chi connectivity index (χ1) is 10.1. The van der Waals surface area contributed by atoms with Crippen LogP contribution in [0.5, 0.6) is 0 Å². The number of rotatable bonds is 3. The second-order valence-corrected chi connectivity index (χ2v) is 4.57. The van der Waals surface area contributed by atoms with Gasteiger partial charge in [-0.15, -0.1) is 0 Å². The average molecular weight is 284 g/mol. The van der Waals surface area contributed by atoms with E-state index < -0.39 is 0 Å². The van der Waals surface area contributed by atoms with Crippen molar-refractivity contribution in [1.82, 2.24) is 20.5 Å². The quantitative estimate of drug-likeness (QED) is 0.732. The number of aliphatic hydroxyl groups is 1. The molecule has 3 N–H and O–H groups in total. The van der Waals surface area contributed by atoms with Crippen LogP contribution < -0.4 is 5.32 Å². The Morgan fingerprint density at radius 1 is 1.52 bits per heavy atom. The minimum Gasteiger partial charge on any atom is -0.384 e. The van der Waals surface area contributed by atoms with Crippen LogP contribution >= 0.6 is 0 Å². The van der Waals surface area contributed by atoms with Gasteiger partial charge in [-0.25, -0.2) is 4.98 Å². The molecule has 6 nitrogen and oxygen atoms in total. The van der Waals surface area contributed by atoms with Crippen LogP contribution in [0.4, 0.5) is 0 Å². The average Bonchev–Trinajstić information content (AvgIpc) is 2.99. The number of amides is 1. The van der Waals surface area contributed by atoms with E-state index in [2.05, 4.69) is 32.3 Å². The zero-order valence-electron chi connectivity index (χ0n) is 11.8. The number of aryl methyl sites for hydroxylation is 1. The Kier molecular flexibility index (Phi) is 4.69. The molecular formula is C15H16N4O2. The molecule has 0 bridgehead atoms. The molecule has 2 aromatic rings. The van der Waals surface area contributed by atoms with Crippen LogP contribution in [0.1, 0.15) is 40.3 Å². The van der Waals surface area contributed by atoms with Gasteiger partial charge in [-0.2, -0.15) is 5.10 Å². The van der Waals surface area contributed by atoms with Gasteiger partial charge in [-0.3, -0.25) is 9.89 Å². The molecule has 2 rings (SSSR count). The molecule has 1 aromatic carbocycles. The molecule has 1 heterocycles. The lowest BCUT2D eigenvalue weighted by Gasteiger charge is -2.12. The monoisotopic (exact) mass is 284 g/mol. The maximum Gasteiger partial charge on any atom is 0.253 e. The highest BCUT2D eigenvalue weighted by atomic mass is 16.2. The van der Waals surface area contributed by atoms with Crippen LogP contribution in [0, 0.1) is 18.8 Å². The first-order valence-corrected chi connectivity index (χ1v) is 6.48. The fourth-order valence-corrected chi connectivity index (χ4v) is 1.86. The van der Waals surface area contributed by atoms with Crippen molar-refractivity contribution in [2.75, 3.05) is 6.61 Å². The number of hydrogen-bond donors (Lipinski definition) is 3. The molecule has 21 heavy (non-hydrogen) atoms. The summed E-state index contributed by atoms with van der Waals surface area (Å²) in [6.45, 7) is 3.48. The smallest absolute Gasteiger partial charge is 0.253 e. The highest BCUT2D eigenvalue weighted by Gasteiger charge is 2.15. The lowest BCUT2D eigenvalue weighted by molar-refractivity contribution is 0.0938. The molecule has 108 valence electrons. The van der Waals surface area contributed by atoms with Crippen LogP contribution in [-0.4, -0.2) is 32.8 Å². The van der Waals surface area contributed by atoms with E-state index in [-0.39, 0.29) is 18.6 Å². The zero-order valence-corrected chi connectivity index (χ0v) is 11.8. The Morgan fingerprint density at radius 3 is 3.00 bits per heavy atom. The molecule has 0 aliphatic rings. The lowest BCUT2D eigenvalue weighted by atomic mass is 10.0. The van der Waals surface area contributed by atoms with Crippen LogP contribution in [0.3, 0.4) is 0 Å². The summed E-state index contributed by atoms with van der Waals surface area (Å²) in [5.74, 6) is 5.69. The van der Waals surface area contributed by atoms with Gasteiger partial charge in [0.25, 0.3) is 5.91 Å². The van der Waals surface area contributed by atoms with Crippen molar-refractivity contribution in [3.63, 3.8) is 0 Å². The third-order valence-corrected chi connectivity index (χ3v) is 2.91. The Labute approximate surface area is 122 Å². The van der Waals surface area contributed by atoms with E-state index in [1.807, 2.05) is 26.0 Å². The molecule has 0 saturated heterocycles. The SMILES string of the molecule is Cc1ccc(C(=O)NC(C)c2ncn[nH]2)c(C#CCO)c1. The number of aromatic nitrogens is 3. The minimum absolute atomic E-state index is 0.247. The van der Waals surface area contributed by atoms with Crippen molar-refractivity contribution in [3.05, 3.63) is 47.0 Å². The molecule has 1 atom stereocenters. The van der Waals surface area contributed by atoms with Crippen LogP contribution in [0.25, 0.3) is 0 Å². The lowest BCUT2D eigenvalue weighted by Crippen LogP contribution is -2.28. The molecule has 0 saturated carbocycles. The van der Waals surface area contributed by atoms with E-state index in [4.69, 9.17) is 5.11 Å². The molecular weight excluding hydrogens is 268 g/mol. The van der Waals surface area contributed by atoms with Crippen molar-refractivity contribution in [2.24, 2.45) is 0 Å². The van der Waals surface area contributed by atoms with E-state index in [1.165, 1.54) is 6.33 Å². The highest BCUT2D eigenvalue weighted by Crippen LogP contribution is 2.13. The third kappa shape index (κ3) is 3.68. The number of nitrogens with zero attached hydrogens (tertiary/aromatic N) is 2. The summed E-state index contributed by atoms with van der Waals surface area (Å²) >= 11 is 0. The number of carbonyl (C=O) groups excluding carboxylic acids is 1. The number of nitrogens with one attached hydrogen (secondary N) is 2. The molecule has 1 unspecified atom stereocenters. The number of H-pyrrole nitrogens is 1. The van der Waals surface area contributed by atoms with Crippen molar-refractivity contribution < 1.29 is 9.90 Å². The first-order valence-electron chi connectivity index (χ1n) is 6.48. The van der Waals surface area contributed by atoms with Crippen molar-refractivity contribution in [2.45, 2.75) is 19.9 Å². The van der Waals surface area contributed by atoms with Gasteiger partial charge in [0.15, 0.2) is 0 Å². The first kappa shape index (κ1) is 14.8. The fourth-order valence-electron chi connectivity index (χ4n) is 1.86. The molecule has 1 aromatic heterocycles. The predicted octanol–water partition coefficient (Wildman–Crippen LogP) is 0.948. The van der Waals surface area contributed by atoms with E-state index in [0.29, 0.717) is 17.0 Å². The Morgan fingerprint density at radius 2 is 2.33 bits per heavy atom. The number of aliphatic hydroxyl groups excluding tert-OH is 1. The van der Waals surface area contributed by atoms with Gasteiger partial charge in [-0.05, 0) is 31.5 Å². The zero-order chi connectivity index (χ0) is 15.2. The van der Waals surface area contributed by atoms with Gasteiger partial charge in [-0.1, -0.05) is 17.9 Å². The summed E-state index contributed by atoms with van der Waals surface area (Å²) in [4.78, 5) is 16.3.